The van der Waals surface area contributed by atoms with E-state index < -0.39 is 5.97 Å². The van der Waals surface area contributed by atoms with E-state index in [4.69, 9.17) is 21.4 Å². The molecule has 0 aliphatic heterocycles. The highest BCUT2D eigenvalue weighted by Crippen LogP contribution is 2.22. The highest BCUT2D eigenvalue weighted by molar-refractivity contribution is 6.33. The van der Waals surface area contributed by atoms with Gasteiger partial charge in [-0.05, 0) is 25.1 Å². The third kappa shape index (κ3) is 3.63. The summed E-state index contributed by atoms with van der Waals surface area (Å²) in [5, 5.41) is 9.01. The molecule has 0 bridgehead atoms. The van der Waals surface area contributed by atoms with Crippen LogP contribution in [-0.2, 0) is 4.79 Å². The number of nitrogens with zero attached hydrogens (tertiary/aromatic N) is 1. The number of amides is 1. The Kier molecular flexibility index (Phi) is 4.97. The SMILES string of the molecule is CCN(C)C(=O)COc1ccc(Cl)c(C(=O)O)c1. The lowest BCUT2D eigenvalue weighted by Crippen LogP contribution is -2.31. The standard InChI is InChI=1S/C12H14ClNO4/c1-3-14(2)11(15)7-18-8-4-5-10(13)9(6-8)12(16)17/h4-6H,3,7H2,1-2H3,(H,16,17). The molecular weight excluding hydrogens is 258 g/mol. The first kappa shape index (κ1) is 14.3. The van der Waals surface area contributed by atoms with E-state index in [2.05, 4.69) is 0 Å². The van der Waals surface area contributed by atoms with Crippen LogP contribution in [0, 0.1) is 0 Å². The average molecular weight is 272 g/mol. The van der Waals surface area contributed by atoms with Gasteiger partial charge < -0.3 is 14.7 Å². The zero-order valence-corrected chi connectivity index (χ0v) is 10.9. The molecule has 5 nitrogen and oxygen atoms in total. The average Bonchev–Trinajstić information content (AvgIpc) is 2.36. The maximum absolute atomic E-state index is 11.5. The second-order valence-electron chi connectivity index (χ2n) is 3.64. The number of hydrogen-bond donors (Lipinski definition) is 1. The maximum Gasteiger partial charge on any atom is 0.337 e. The van der Waals surface area contributed by atoms with Crippen molar-refractivity contribution in [3.8, 4) is 5.75 Å². The molecule has 1 aromatic rings. The summed E-state index contributed by atoms with van der Waals surface area (Å²) in [6, 6.07) is 4.24. The number of aromatic carboxylic acids is 1. The summed E-state index contributed by atoms with van der Waals surface area (Å²) in [5.74, 6) is -1.01. The quantitative estimate of drug-likeness (QED) is 0.888. The van der Waals surface area contributed by atoms with Gasteiger partial charge in [-0.15, -0.1) is 0 Å². The normalized spacial score (nSPS) is 9.94. The fourth-order valence-corrected chi connectivity index (χ4v) is 1.39. The van der Waals surface area contributed by atoms with Crippen LogP contribution in [0.2, 0.25) is 5.02 Å². The summed E-state index contributed by atoms with van der Waals surface area (Å²) >= 11 is 5.72. The van der Waals surface area contributed by atoms with Crippen LogP contribution in [-0.4, -0.2) is 42.1 Å². The van der Waals surface area contributed by atoms with E-state index >= 15 is 0 Å². The van der Waals surface area contributed by atoms with Gasteiger partial charge in [0.1, 0.15) is 5.75 Å². The molecule has 0 saturated heterocycles. The lowest BCUT2D eigenvalue weighted by molar-refractivity contribution is -0.131. The molecule has 0 unspecified atom stereocenters. The molecule has 1 aromatic carbocycles. The summed E-state index contributed by atoms with van der Waals surface area (Å²) in [5.41, 5.74) is -0.0505. The van der Waals surface area contributed by atoms with Crippen molar-refractivity contribution in [1.29, 1.82) is 0 Å². The predicted octanol–water partition coefficient (Wildman–Crippen LogP) is 1.90. The zero-order chi connectivity index (χ0) is 13.7. The molecule has 0 aliphatic rings. The van der Waals surface area contributed by atoms with Crippen molar-refractivity contribution in [2.24, 2.45) is 0 Å². The van der Waals surface area contributed by atoms with E-state index in [1.165, 1.54) is 23.1 Å². The third-order valence-corrected chi connectivity index (χ3v) is 2.76. The molecule has 98 valence electrons. The Bertz CT molecular complexity index is 461. The first-order chi connectivity index (χ1) is 8.45. The highest BCUT2D eigenvalue weighted by Gasteiger charge is 2.12. The van der Waals surface area contributed by atoms with Crippen molar-refractivity contribution in [2.75, 3.05) is 20.2 Å². The van der Waals surface area contributed by atoms with Gasteiger partial charge in [0, 0.05) is 13.6 Å². The summed E-state index contributed by atoms with van der Waals surface area (Å²) < 4.78 is 5.22. The van der Waals surface area contributed by atoms with Crippen LogP contribution in [0.15, 0.2) is 18.2 Å². The Balaban J connectivity index is 2.72. The minimum atomic E-state index is -1.14. The number of ether oxygens (including phenoxy) is 1. The number of likely N-dealkylation sites (N-methyl/N-ethyl adjacent to an activating group) is 1. The molecule has 6 heteroatoms. The summed E-state index contributed by atoms with van der Waals surface area (Å²) in [6.45, 7) is 2.30. The number of rotatable bonds is 5. The predicted molar refractivity (Wildman–Crippen MR) is 67.2 cm³/mol. The van der Waals surface area contributed by atoms with Crippen molar-refractivity contribution in [3.63, 3.8) is 0 Å². The Hall–Kier alpha value is -1.75. The second kappa shape index (κ2) is 6.26. The molecule has 0 heterocycles. The maximum atomic E-state index is 11.5. The monoisotopic (exact) mass is 271 g/mol. The zero-order valence-electron chi connectivity index (χ0n) is 10.1. The molecule has 0 aromatic heterocycles. The van der Waals surface area contributed by atoms with Crippen molar-refractivity contribution in [2.45, 2.75) is 6.92 Å². The van der Waals surface area contributed by atoms with Crippen molar-refractivity contribution < 1.29 is 19.4 Å². The summed E-state index contributed by atoms with van der Waals surface area (Å²) in [7, 11) is 1.66. The number of carbonyl (C=O) groups is 2. The van der Waals surface area contributed by atoms with Crippen LogP contribution in [0.3, 0.4) is 0 Å². The topological polar surface area (TPSA) is 66.8 Å². The highest BCUT2D eigenvalue weighted by atomic mass is 35.5. The lowest BCUT2D eigenvalue weighted by Gasteiger charge is -2.15. The fraction of sp³-hybridized carbons (Fsp3) is 0.333. The van der Waals surface area contributed by atoms with Gasteiger partial charge >= 0.3 is 5.97 Å². The van der Waals surface area contributed by atoms with Crippen molar-refractivity contribution in [1.82, 2.24) is 4.90 Å². The van der Waals surface area contributed by atoms with Crippen molar-refractivity contribution >= 4 is 23.5 Å². The number of carbonyl (C=O) groups excluding carboxylic acids is 1. The van der Waals surface area contributed by atoms with Gasteiger partial charge in [0.25, 0.3) is 5.91 Å². The van der Waals surface area contributed by atoms with Crippen molar-refractivity contribution in [3.05, 3.63) is 28.8 Å². The van der Waals surface area contributed by atoms with E-state index in [0.29, 0.717) is 12.3 Å². The van der Waals surface area contributed by atoms with Gasteiger partial charge in [0.05, 0.1) is 10.6 Å². The van der Waals surface area contributed by atoms with E-state index in [1.807, 2.05) is 6.92 Å². The van der Waals surface area contributed by atoms with Gasteiger partial charge in [-0.3, -0.25) is 4.79 Å². The van der Waals surface area contributed by atoms with Gasteiger partial charge in [0.15, 0.2) is 6.61 Å². The van der Waals surface area contributed by atoms with Gasteiger partial charge in [0.2, 0.25) is 0 Å². The Labute approximate surface area is 110 Å². The summed E-state index contributed by atoms with van der Waals surface area (Å²) in [4.78, 5) is 23.9. The molecule has 0 radical (unpaired) electrons. The first-order valence-corrected chi connectivity index (χ1v) is 5.73. The molecule has 0 atom stereocenters. The van der Waals surface area contributed by atoms with Crippen LogP contribution in [0.1, 0.15) is 17.3 Å². The number of halogens is 1. The van der Waals surface area contributed by atoms with Crippen LogP contribution >= 0.6 is 11.6 Å². The second-order valence-corrected chi connectivity index (χ2v) is 4.05. The van der Waals surface area contributed by atoms with E-state index in [9.17, 15) is 9.59 Å². The molecule has 1 rings (SSSR count). The largest absolute Gasteiger partial charge is 0.484 e. The Morgan fingerprint density at radius 3 is 2.67 bits per heavy atom. The van der Waals surface area contributed by atoms with Crippen LogP contribution in [0.5, 0.6) is 5.75 Å². The Morgan fingerprint density at radius 2 is 2.11 bits per heavy atom. The van der Waals surface area contributed by atoms with E-state index in [-0.39, 0.29) is 23.1 Å². The van der Waals surface area contributed by atoms with Gasteiger partial charge in [-0.25, -0.2) is 4.79 Å². The van der Waals surface area contributed by atoms with Gasteiger partial charge in [-0.1, -0.05) is 11.6 Å². The number of hydrogen-bond acceptors (Lipinski definition) is 3. The molecule has 0 aliphatic carbocycles. The molecule has 0 fully saturated rings. The number of benzene rings is 1. The third-order valence-electron chi connectivity index (χ3n) is 2.43. The minimum absolute atomic E-state index is 0.0505. The lowest BCUT2D eigenvalue weighted by atomic mass is 10.2. The Morgan fingerprint density at radius 1 is 1.44 bits per heavy atom. The minimum Gasteiger partial charge on any atom is -0.484 e. The molecule has 0 spiro atoms. The summed E-state index contributed by atoms with van der Waals surface area (Å²) in [6.07, 6.45) is 0. The van der Waals surface area contributed by atoms with Crippen LogP contribution in [0.25, 0.3) is 0 Å². The molecule has 0 saturated carbocycles. The van der Waals surface area contributed by atoms with E-state index in [1.54, 1.807) is 7.05 Å². The van der Waals surface area contributed by atoms with Crippen LogP contribution < -0.4 is 4.74 Å². The smallest absolute Gasteiger partial charge is 0.337 e. The molecule has 18 heavy (non-hydrogen) atoms. The number of carboxylic acids is 1. The van der Waals surface area contributed by atoms with E-state index in [0.717, 1.165) is 0 Å². The van der Waals surface area contributed by atoms with Gasteiger partial charge in [-0.2, -0.15) is 0 Å². The molecular formula is C12H14ClNO4. The fourth-order valence-electron chi connectivity index (χ4n) is 1.19. The first-order valence-electron chi connectivity index (χ1n) is 5.35. The molecule has 1 N–H and O–H groups in total. The number of carboxylic acid groups (broad SMARTS) is 1. The molecule has 1 amide bonds. The van der Waals surface area contributed by atoms with Crippen LogP contribution in [0.4, 0.5) is 0 Å².